The number of aryl methyl sites for hydroxylation is 1. The van der Waals surface area contributed by atoms with E-state index in [4.69, 9.17) is 4.74 Å². The molecule has 0 saturated heterocycles. The maximum atomic E-state index is 11.2. The molecule has 4 heteroatoms. The van der Waals surface area contributed by atoms with E-state index in [1.807, 2.05) is 27.0 Å². The lowest BCUT2D eigenvalue weighted by Crippen LogP contribution is -2.07. The Labute approximate surface area is 88.1 Å². The van der Waals surface area contributed by atoms with E-state index in [1.54, 1.807) is 11.3 Å². The second kappa shape index (κ2) is 5.10. The van der Waals surface area contributed by atoms with Crippen LogP contribution >= 0.6 is 11.3 Å². The van der Waals surface area contributed by atoms with Gasteiger partial charge >= 0.3 is 5.97 Å². The van der Waals surface area contributed by atoms with Crippen LogP contribution in [0, 0.1) is 6.92 Å². The molecule has 1 rings (SSSR count). The Hall–Kier alpha value is -0.900. The predicted molar refractivity (Wildman–Crippen MR) is 56.5 cm³/mol. The van der Waals surface area contributed by atoms with Gasteiger partial charge in [-0.3, -0.25) is 4.79 Å². The fraction of sp³-hybridized carbons (Fsp3) is 0.600. The van der Waals surface area contributed by atoms with Crippen LogP contribution in [0.3, 0.4) is 0 Å². The quantitative estimate of drug-likeness (QED) is 0.721. The number of aromatic nitrogens is 1. The smallest absolute Gasteiger partial charge is 0.306 e. The molecular weight excluding hydrogens is 198 g/mol. The van der Waals surface area contributed by atoms with Gasteiger partial charge in [-0.15, -0.1) is 11.3 Å². The number of thiazole rings is 1. The minimum Gasteiger partial charge on any atom is -0.466 e. The molecule has 0 fully saturated rings. The Balaban J connectivity index is 2.50. The standard InChI is InChI=1S/C10H15NO2S/c1-4-13-10(12)5-7(2)9-6-11-8(3)14-9/h6-7H,4-5H2,1-3H3. The van der Waals surface area contributed by atoms with Crippen molar-refractivity contribution in [2.45, 2.75) is 33.1 Å². The molecule has 1 aromatic heterocycles. The highest BCUT2D eigenvalue weighted by molar-refractivity contribution is 7.11. The van der Waals surface area contributed by atoms with Crippen molar-refractivity contribution in [1.29, 1.82) is 0 Å². The van der Waals surface area contributed by atoms with Gasteiger partial charge < -0.3 is 4.74 Å². The fourth-order valence-electron chi connectivity index (χ4n) is 1.18. The topological polar surface area (TPSA) is 39.2 Å². The maximum Gasteiger partial charge on any atom is 0.306 e. The van der Waals surface area contributed by atoms with Crippen LogP contribution in [0.15, 0.2) is 6.20 Å². The van der Waals surface area contributed by atoms with Gasteiger partial charge in [-0.05, 0) is 13.8 Å². The number of nitrogens with zero attached hydrogens (tertiary/aromatic N) is 1. The predicted octanol–water partition coefficient (Wildman–Crippen LogP) is 2.51. The average molecular weight is 213 g/mol. The summed E-state index contributed by atoms with van der Waals surface area (Å²) in [5, 5.41) is 1.04. The summed E-state index contributed by atoms with van der Waals surface area (Å²) in [4.78, 5) is 16.5. The molecule has 1 atom stereocenters. The van der Waals surface area contributed by atoms with E-state index in [2.05, 4.69) is 4.98 Å². The van der Waals surface area contributed by atoms with E-state index in [0.29, 0.717) is 13.0 Å². The summed E-state index contributed by atoms with van der Waals surface area (Å²) in [5.74, 6) is 0.0753. The summed E-state index contributed by atoms with van der Waals surface area (Å²) < 4.78 is 4.89. The van der Waals surface area contributed by atoms with Gasteiger partial charge in [0.05, 0.1) is 18.0 Å². The van der Waals surface area contributed by atoms with Crippen molar-refractivity contribution in [1.82, 2.24) is 4.98 Å². The number of hydrogen-bond acceptors (Lipinski definition) is 4. The number of esters is 1. The molecule has 1 heterocycles. The van der Waals surface area contributed by atoms with Crippen LogP contribution in [0.1, 0.15) is 36.1 Å². The number of carbonyl (C=O) groups is 1. The third-order valence-electron chi connectivity index (χ3n) is 1.90. The van der Waals surface area contributed by atoms with Gasteiger partial charge in [0, 0.05) is 17.0 Å². The Morgan fingerprint density at radius 3 is 2.93 bits per heavy atom. The summed E-state index contributed by atoms with van der Waals surface area (Å²) in [7, 11) is 0. The van der Waals surface area contributed by atoms with Crippen molar-refractivity contribution in [3.8, 4) is 0 Å². The second-order valence-corrected chi connectivity index (χ2v) is 4.46. The van der Waals surface area contributed by atoms with Crippen LogP contribution in [-0.4, -0.2) is 17.6 Å². The first-order chi connectivity index (χ1) is 6.63. The van der Waals surface area contributed by atoms with E-state index in [9.17, 15) is 4.79 Å². The zero-order valence-electron chi connectivity index (χ0n) is 8.74. The van der Waals surface area contributed by atoms with E-state index in [1.165, 1.54) is 0 Å². The van der Waals surface area contributed by atoms with Gasteiger partial charge in [0.1, 0.15) is 0 Å². The molecule has 0 amide bonds. The molecule has 0 spiro atoms. The highest BCUT2D eigenvalue weighted by atomic mass is 32.1. The van der Waals surface area contributed by atoms with E-state index < -0.39 is 0 Å². The summed E-state index contributed by atoms with van der Waals surface area (Å²) >= 11 is 1.64. The van der Waals surface area contributed by atoms with Crippen LogP contribution in [-0.2, 0) is 9.53 Å². The molecule has 0 aliphatic heterocycles. The minimum absolute atomic E-state index is 0.133. The molecule has 0 aromatic carbocycles. The SMILES string of the molecule is CCOC(=O)CC(C)c1cnc(C)s1. The minimum atomic E-state index is -0.133. The highest BCUT2D eigenvalue weighted by Gasteiger charge is 2.13. The molecule has 1 unspecified atom stereocenters. The molecule has 0 N–H and O–H groups in total. The highest BCUT2D eigenvalue weighted by Crippen LogP contribution is 2.24. The molecule has 0 aliphatic carbocycles. The van der Waals surface area contributed by atoms with E-state index in [0.717, 1.165) is 9.88 Å². The zero-order valence-corrected chi connectivity index (χ0v) is 9.56. The van der Waals surface area contributed by atoms with Crippen molar-refractivity contribution in [2.75, 3.05) is 6.61 Å². The maximum absolute atomic E-state index is 11.2. The van der Waals surface area contributed by atoms with E-state index >= 15 is 0 Å². The summed E-state index contributed by atoms with van der Waals surface area (Å²) in [6.07, 6.45) is 2.28. The number of hydrogen-bond donors (Lipinski definition) is 0. The van der Waals surface area contributed by atoms with Crippen molar-refractivity contribution in [2.24, 2.45) is 0 Å². The Kier molecular flexibility index (Phi) is 4.07. The van der Waals surface area contributed by atoms with Crippen molar-refractivity contribution < 1.29 is 9.53 Å². The third kappa shape index (κ3) is 3.10. The Bertz CT molecular complexity index is 309. The van der Waals surface area contributed by atoms with Crippen LogP contribution in [0.4, 0.5) is 0 Å². The van der Waals surface area contributed by atoms with Gasteiger partial charge in [0.25, 0.3) is 0 Å². The number of carbonyl (C=O) groups excluding carboxylic acids is 1. The first-order valence-corrected chi connectivity index (χ1v) is 5.53. The van der Waals surface area contributed by atoms with Crippen molar-refractivity contribution >= 4 is 17.3 Å². The molecule has 0 bridgehead atoms. The molecule has 0 aliphatic rings. The van der Waals surface area contributed by atoms with Crippen LogP contribution < -0.4 is 0 Å². The first-order valence-electron chi connectivity index (χ1n) is 4.71. The first kappa shape index (κ1) is 11.2. The van der Waals surface area contributed by atoms with Gasteiger partial charge in [-0.1, -0.05) is 6.92 Å². The zero-order chi connectivity index (χ0) is 10.6. The Morgan fingerprint density at radius 2 is 2.43 bits per heavy atom. The lowest BCUT2D eigenvalue weighted by atomic mass is 10.1. The fourth-order valence-corrected chi connectivity index (χ4v) is 2.01. The van der Waals surface area contributed by atoms with Crippen molar-refractivity contribution in [3.63, 3.8) is 0 Å². The molecule has 14 heavy (non-hydrogen) atoms. The van der Waals surface area contributed by atoms with Gasteiger partial charge in [-0.25, -0.2) is 4.98 Å². The monoisotopic (exact) mass is 213 g/mol. The second-order valence-electron chi connectivity index (χ2n) is 3.19. The molecule has 3 nitrogen and oxygen atoms in total. The van der Waals surface area contributed by atoms with E-state index in [-0.39, 0.29) is 11.9 Å². The number of rotatable bonds is 4. The third-order valence-corrected chi connectivity index (χ3v) is 3.05. The molecular formula is C10H15NO2S. The molecule has 0 radical (unpaired) electrons. The average Bonchev–Trinajstić information content (AvgIpc) is 2.52. The van der Waals surface area contributed by atoms with Crippen molar-refractivity contribution in [3.05, 3.63) is 16.1 Å². The van der Waals surface area contributed by atoms with Crippen LogP contribution in [0.5, 0.6) is 0 Å². The summed E-state index contributed by atoms with van der Waals surface area (Å²) in [6, 6.07) is 0. The summed E-state index contributed by atoms with van der Waals surface area (Å²) in [5.41, 5.74) is 0. The van der Waals surface area contributed by atoms with Gasteiger partial charge in [-0.2, -0.15) is 0 Å². The molecule has 0 saturated carbocycles. The normalized spacial score (nSPS) is 12.5. The Morgan fingerprint density at radius 1 is 1.71 bits per heavy atom. The van der Waals surface area contributed by atoms with Crippen LogP contribution in [0.2, 0.25) is 0 Å². The van der Waals surface area contributed by atoms with Gasteiger partial charge in [0.2, 0.25) is 0 Å². The van der Waals surface area contributed by atoms with Gasteiger partial charge in [0.15, 0.2) is 0 Å². The summed E-state index contributed by atoms with van der Waals surface area (Å²) in [6.45, 7) is 6.25. The number of ether oxygens (including phenoxy) is 1. The lowest BCUT2D eigenvalue weighted by molar-refractivity contribution is -0.143. The van der Waals surface area contributed by atoms with Crippen LogP contribution in [0.25, 0.3) is 0 Å². The largest absolute Gasteiger partial charge is 0.466 e. The molecule has 1 aromatic rings. The lowest BCUT2D eigenvalue weighted by Gasteiger charge is -2.07. The molecule has 78 valence electrons.